The van der Waals surface area contributed by atoms with Crippen molar-refractivity contribution in [2.45, 2.75) is 47.1 Å². The van der Waals surface area contributed by atoms with E-state index in [4.69, 9.17) is 0 Å². The van der Waals surface area contributed by atoms with Gasteiger partial charge in [-0.25, -0.2) is 0 Å². The molecule has 2 aromatic rings. The molecule has 112 valence electrons. The molecule has 0 spiro atoms. The topological polar surface area (TPSA) is 12.0 Å². The molecule has 0 saturated carbocycles. The van der Waals surface area contributed by atoms with Crippen molar-refractivity contribution in [1.82, 2.24) is 5.32 Å². The van der Waals surface area contributed by atoms with E-state index in [2.05, 4.69) is 76.3 Å². The quantitative estimate of drug-likeness (QED) is 0.812. The van der Waals surface area contributed by atoms with Crippen molar-refractivity contribution in [3.63, 3.8) is 0 Å². The highest BCUT2D eigenvalue weighted by Crippen LogP contribution is 2.28. The van der Waals surface area contributed by atoms with Crippen molar-refractivity contribution in [1.29, 1.82) is 0 Å². The van der Waals surface area contributed by atoms with Gasteiger partial charge in [0.1, 0.15) is 0 Å². The lowest BCUT2D eigenvalue weighted by atomic mass is 9.91. The van der Waals surface area contributed by atoms with Gasteiger partial charge in [-0.2, -0.15) is 0 Å². The summed E-state index contributed by atoms with van der Waals surface area (Å²) in [5.74, 6) is 0. The van der Waals surface area contributed by atoms with E-state index in [-0.39, 0.29) is 6.04 Å². The molecule has 0 radical (unpaired) electrons. The van der Waals surface area contributed by atoms with E-state index < -0.39 is 0 Å². The van der Waals surface area contributed by atoms with Crippen LogP contribution in [-0.4, -0.2) is 6.54 Å². The van der Waals surface area contributed by atoms with Gasteiger partial charge in [0.25, 0.3) is 0 Å². The minimum absolute atomic E-state index is 0.282. The Morgan fingerprint density at radius 2 is 1.62 bits per heavy atom. The maximum absolute atomic E-state index is 3.72. The Kier molecular flexibility index (Phi) is 5.19. The van der Waals surface area contributed by atoms with E-state index >= 15 is 0 Å². The summed E-state index contributed by atoms with van der Waals surface area (Å²) in [5.41, 5.74) is 8.18. The number of nitrogens with one attached hydrogen (secondary N) is 1. The van der Waals surface area contributed by atoms with E-state index in [0.29, 0.717) is 0 Å². The van der Waals surface area contributed by atoms with Crippen LogP contribution in [0.15, 0.2) is 36.4 Å². The first kappa shape index (κ1) is 15.8. The summed E-state index contributed by atoms with van der Waals surface area (Å²) in [6.07, 6.45) is 1.15. The van der Waals surface area contributed by atoms with Crippen LogP contribution in [0.3, 0.4) is 0 Å². The first-order valence-electron chi connectivity index (χ1n) is 7.90. The molecule has 21 heavy (non-hydrogen) atoms. The predicted molar refractivity (Wildman–Crippen MR) is 92.0 cm³/mol. The van der Waals surface area contributed by atoms with Gasteiger partial charge in [0.2, 0.25) is 0 Å². The zero-order valence-electron chi connectivity index (χ0n) is 14.0. The van der Waals surface area contributed by atoms with Crippen LogP contribution in [0.25, 0.3) is 0 Å². The van der Waals surface area contributed by atoms with Gasteiger partial charge in [0, 0.05) is 0 Å². The highest BCUT2D eigenvalue weighted by atomic mass is 14.9. The summed E-state index contributed by atoms with van der Waals surface area (Å²) in [6.45, 7) is 12.0. The van der Waals surface area contributed by atoms with Crippen molar-refractivity contribution in [2.75, 3.05) is 6.54 Å². The Labute approximate surface area is 129 Å². The fraction of sp³-hybridized carbons (Fsp3) is 0.400. The molecule has 1 unspecified atom stereocenters. The molecule has 1 atom stereocenters. The van der Waals surface area contributed by atoms with Gasteiger partial charge < -0.3 is 5.32 Å². The van der Waals surface area contributed by atoms with Crippen LogP contribution in [0.4, 0.5) is 0 Å². The predicted octanol–water partition coefficient (Wildman–Crippen LogP) is 5.01. The molecule has 1 heteroatoms. The second-order valence-corrected chi connectivity index (χ2v) is 6.09. The van der Waals surface area contributed by atoms with Gasteiger partial charge in [-0.15, -0.1) is 0 Å². The van der Waals surface area contributed by atoms with E-state index in [9.17, 15) is 0 Å². The van der Waals surface area contributed by atoms with Crippen molar-refractivity contribution in [2.24, 2.45) is 0 Å². The molecule has 0 aliphatic heterocycles. The zero-order chi connectivity index (χ0) is 15.4. The van der Waals surface area contributed by atoms with Crippen molar-refractivity contribution in [3.8, 4) is 0 Å². The number of benzene rings is 2. The highest BCUT2D eigenvalue weighted by molar-refractivity contribution is 5.43. The lowest BCUT2D eigenvalue weighted by molar-refractivity contribution is 0.595. The molecule has 0 saturated heterocycles. The summed E-state index contributed by atoms with van der Waals surface area (Å²) in [4.78, 5) is 0. The van der Waals surface area contributed by atoms with Crippen LogP contribution >= 0.6 is 0 Å². The third-order valence-electron chi connectivity index (χ3n) is 4.17. The standard InChI is InChI=1S/C20H27N/c1-6-10-21-20(18-9-7-8-14(2)11-18)19-13-16(4)15(3)12-17(19)5/h7-9,11-13,20-21H,6,10H2,1-5H3. The first-order chi connectivity index (χ1) is 10.0. The highest BCUT2D eigenvalue weighted by Gasteiger charge is 2.16. The molecule has 0 aliphatic carbocycles. The lowest BCUT2D eigenvalue weighted by Gasteiger charge is -2.23. The van der Waals surface area contributed by atoms with Crippen molar-refractivity contribution < 1.29 is 0 Å². The average Bonchev–Trinajstić information content (AvgIpc) is 2.44. The third-order valence-corrected chi connectivity index (χ3v) is 4.17. The normalized spacial score (nSPS) is 12.4. The van der Waals surface area contributed by atoms with E-state index in [1.165, 1.54) is 33.4 Å². The molecule has 0 fully saturated rings. The summed E-state index contributed by atoms with van der Waals surface area (Å²) in [5, 5.41) is 3.72. The minimum atomic E-state index is 0.282. The Morgan fingerprint density at radius 3 is 2.29 bits per heavy atom. The van der Waals surface area contributed by atoms with Crippen LogP contribution in [0.1, 0.15) is 52.8 Å². The molecule has 0 aliphatic rings. The number of hydrogen-bond donors (Lipinski definition) is 1. The molecule has 2 aromatic carbocycles. The monoisotopic (exact) mass is 281 g/mol. The van der Waals surface area contributed by atoms with Gasteiger partial charge in [-0.05, 0) is 68.5 Å². The van der Waals surface area contributed by atoms with Crippen LogP contribution in [0, 0.1) is 27.7 Å². The first-order valence-corrected chi connectivity index (χ1v) is 7.90. The molecule has 2 rings (SSSR count). The van der Waals surface area contributed by atoms with Gasteiger partial charge in [0.15, 0.2) is 0 Å². The second-order valence-electron chi connectivity index (χ2n) is 6.09. The van der Waals surface area contributed by atoms with Crippen LogP contribution in [0.5, 0.6) is 0 Å². The number of aryl methyl sites for hydroxylation is 4. The molecule has 0 aromatic heterocycles. The molecule has 0 bridgehead atoms. The Bertz CT molecular complexity index is 613. The van der Waals surface area contributed by atoms with Crippen LogP contribution in [-0.2, 0) is 0 Å². The van der Waals surface area contributed by atoms with E-state index in [1.54, 1.807) is 0 Å². The summed E-state index contributed by atoms with van der Waals surface area (Å²) >= 11 is 0. The van der Waals surface area contributed by atoms with E-state index in [0.717, 1.165) is 13.0 Å². The molecular formula is C20H27N. The maximum Gasteiger partial charge on any atom is 0.0579 e. The van der Waals surface area contributed by atoms with Crippen LogP contribution in [0.2, 0.25) is 0 Å². The molecule has 0 amide bonds. The Hall–Kier alpha value is -1.60. The summed E-state index contributed by atoms with van der Waals surface area (Å²) in [7, 11) is 0. The van der Waals surface area contributed by atoms with Crippen LogP contribution < -0.4 is 5.32 Å². The van der Waals surface area contributed by atoms with Gasteiger partial charge >= 0.3 is 0 Å². The molecule has 0 heterocycles. The molecule has 1 N–H and O–H groups in total. The Balaban J connectivity index is 2.47. The largest absolute Gasteiger partial charge is 0.306 e. The number of rotatable bonds is 5. The van der Waals surface area contributed by atoms with E-state index in [1.807, 2.05) is 0 Å². The fourth-order valence-corrected chi connectivity index (χ4v) is 2.84. The lowest BCUT2D eigenvalue weighted by Crippen LogP contribution is -2.24. The molecule has 1 nitrogen and oxygen atoms in total. The zero-order valence-corrected chi connectivity index (χ0v) is 14.0. The van der Waals surface area contributed by atoms with Gasteiger partial charge in [-0.3, -0.25) is 0 Å². The average molecular weight is 281 g/mol. The summed E-state index contributed by atoms with van der Waals surface area (Å²) in [6, 6.07) is 13.8. The maximum atomic E-state index is 3.72. The second kappa shape index (κ2) is 6.91. The third kappa shape index (κ3) is 3.74. The van der Waals surface area contributed by atoms with Crippen molar-refractivity contribution >= 4 is 0 Å². The Morgan fingerprint density at radius 1 is 0.905 bits per heavy atom. The fourth-order valence-electron chi connectivity index (χ4n) is 2.84. The van der Waals surface area contributed by atoms with Gasteiger partial charge in [-0.1, -0.05) is 48.9 Å². The molecular weight excluding hydrogens is 254 g/mol. The number of hydrogen-bond acceptors (Lipinski definition) is 1. The summed E-state index contributed by atoms with van der Waals surface area (Å²) < 4.78 is 0. The van der Waals surface area contributed by atoms with Gasteiger partial charge in [0.05, 0.1) is 6.04 Å². The smallest absolute Gasteiger partial charge is 0.0579 e. The minimum Gasteiger partial charge on any atom is -0.306 e. The van der Waals surface area contributed by atoms with Crippen molar-refractivity contribution in [3.05, 3.63) is 69.8 Å². The SMILES string of the molecule is CCCNC(c1cccc(C)c1)c1cc(C)c(C)cc1C.